The van der Waals surface area contributed by atoms with Crippen LogP contribution in [0, 0.1) is 0 Å². The fourth-order valence-electron chi connectivity index (χ4n) is 1.80. The lowest BCUT2D eigenvalue weighted by Crippen LogP contribution is -2.22. The second-order valence-electron chi connectivity index (χ2n) is 5.01. The molecule has 0 aliphatic heterocycles. The fourth-order valence-corrected chi connectivity index (χ4v) is 2.32. The number of aromatic nitrogens is 2. The Hall–Kier alpha value is -1.40. The van der Waals surface area contributed by atoms with Crippen LogP contribution in [0.4, 0.5) is 0 Å². The summed E-state index contributed by atoms with van der Waals surface area (Å²) in [6.45, 7) is 7.25. The van der Waals surface area contributed by atoms with Crippen LogP contribution in [0.3, 0.4) is 0 Å². The highest BCUT2D eigenvalue weighted by atomic mass is 79.9. The molecule has 0 unspecified atom stereocenters. The van der Waals surface area contributed by atoms with Gasteiger partial charge in [0.1, 0.15) is 5.75 Å². The molecule has 1 heterocycles. The van der Waals surface area contributed by atoms with E-state index in [1.54, 1.807) is 0 Å². The molecule has 0 fully saturated rings. The number of ether oxygens (including phenoxy) is 1. The molecule has 5 nitrogen and oxygen atoms in total. The summed E-state index contributed by atoms with van der Waals surface area (Å²) in [6, 6.07) is 6.42. The van der Waals surface area contributed by atoms with Crippen molar-refractivity contribution in [3.05, 3.63) is 40.0 Å². The molecule has 21 heavy (non-hydrogen) atoms. The smallest absolute Gasteiger partial charge is 0.226 e. The van der Waals surface area contributed by atoms with Crippen molar-refractivity contribution in [3.8, 4) is 5.75 Å². The van der Waals surface area contributed by atoms with Gasteiger partial charge in [0.15, 0.2) is 6.61 Å². The van der Waals surface area contributed by atoms with Gasteiger partial charge in [0.2, 0.25) is 11.7 Å². The molecular weight excluding hydrogens is 334 g/mol. The van der Waals surface area contributed by atoms with Gasteiger partial charge in [-0.3, -0.25) is 0 Å². The van der Waals surface area contributed by atoms with Crippen molar-refractivity contribution in [1.82, 2.24) is 15.5 Å². The molecule has 0 saturated heterocycles. The third-order valence-electron chi connectivity index (χ3n) is 2.91. The Balaban J connectivity index is 2.07. The number of aryl methyl sites for hydroxylation is 1. The van der Waals surface area contributed by atoms with E-state index in [1.165, 1.54) is 0 Å². The van der Waals surface area contributed by atoms with Crippen molar-refractivity contribution in [2.75, 3.05) is 0 Å². The van der Waals surface area contributed by atoms with Crippen LogP contribution in [0.2, 0.25) is 0 Å². The minimum absolute atomic E-state index is 0.292. The minimum Gasteiger partial charge on any atom is -0.484 e. The van der Waals surface area contributed by atoms with Gasteiger partial charge in [-0.05, 0) is 22.0 Å². The summed E-state index contributed by atoms with van der Waals surface area (Å²) >= 11 is 3.53. The molecule has 0 amide bonds. The largest absolute Gasteiger partial charge is 0.484 e. The SMILES string of the molecule is CCc1nc(COc2c(Br)cccc2CNC(C)C)no1. The van der Waals surface area contributed by atoms with E-state index < -0.39 is 0 Å². The predicted octanol–water partition coefficient (Wildman–Crippen LogP) is 3.47. The number of hydrogen-bond donors (Lipinski definition) is 1. The molecule has 0 atom stereocenters. The van der Waals surface area contributed by atoms with Crippen molar-refractivity contribution < 1.29 is 9.26 Å². The summed E-state index contributed by atoms with van der Waals surface area (Å²) in [5, 5.41) is 7.28. The first kappa shape index (κ1) is 16.0. The number of nitrogens with zero attached hydrogens (tertiary/aromatic N) is 2. The molecule has 0 aliphatic rings. The van der Waals surface area contributed by atoms with E-state index in [0.717, 1.165) is 28.8 Å². The molecule has 0 aliphatic carbocycles. The highest BCUT2D eigenvalue weighted by molar-refractivity contribution is 9.10. The number of rotatable bonds is 7. The lowest BCUT2D eigenvalue weighted by molar-refractivity contribution is 0.280. The number of nitrogens with one attached hydrogen (secondary N) is 1. The third-order valence-corrected chi connectivity index (χ3v) is 3.53. The van der Waals surface area contributed by atoms with Crippen LogP contribution in [0.1, 0.15) is 38.0 Å². The molecule has 1 N–H and O–H groups in total. The molecule has 1 aromatic carbocycles. The van der Waals surface area contributed by atoms with Crippen molar-refractivity contribution in [2.24, 2.45) is 0 Å². The molecular formula is C15H20BrN3O2. The fraction of sp³-hybridized carbons (Fsp3) is 0.467. The molecule has 0 bridgehead atoms. The van der Waals surface area contributed by atoms with E-state index in [0.29, 0.717) is 24.4 Å². The van der Waals surface area contributed by atoms with Crippen LogP contribution in [0.15, 0.2) is 27.2 Å². The van der Waals surface area contributed by atoms with Crippen LogP contribution >= 0.6 is 15.9 Å². The molecule has 2 rings (SSSR count). The van der Waals surface area contributed by atoms with E-state index in [4.69, 9.17) is 9.26 Å². The monoisotopic (exact) mass is 353 g/mol. The minimum atomic E-state index is 0.292. The first-order valence-corrected chi connectivity index (χ1v) is 7.84. The summed E-state index contributed by atoms with van der Waals surface area (Å²) in [4.78, 5) is 4.24. The number of para-hydroxylation sites is 1. The maximum absolute atomic E-state index is 5.87. The quantitative estimate of drug-likeness (QED) is 0.825. The summed E-state index contributed by atoms with van der Waals surface area (Å²) in [5.74, 6) is 2.00. The molecule has 114 valence electrons. The summed E-state index contributed by atoms with van der Waals surface area (Å²) < 4.78 is 11.9. The molecule has 2 aromatic rings. The molecule has 1 aromatic heterocycles. The molecule has 0 radical (unpaired) electrons. The van der Waals surface area contributed by atoms with Gasteiger partial charge in [-0.2, -0.15) is 4.98 Å². The van der Waals surface area contributed by atoms with Gasteiger partial charge in [0, 0.05) is 24.6 Å². The second-order valence-corrected chi connectivity index (χ2v) is 5.86. The zero-order valence-electron chi connectivity index (χ0n) is 12.5. The average molecular weight is 354 g/mol. The number of halogens is 1. The van der Waals surface area contributed by atoms with Crippen LogP contribution in [0.5, 0.6) is 5.75 Å². The Bertz CT molecular complexity index is 584. The van der Waals surface area contributed by atoms with Crippen LogP contribution in [-0.4, -0.2) is 16.2 Å². The highest BCUT2D eigenvalue weighted by Crippen LogP contribution is 2.29. The maximum Gasteiger partial charge on any atom is 0.226 e. The van der Waals surface area contributed by atoms with Gasteiger partial charge in [0.25, 0.3) is 0 Å². The standard InChI is InChI=1S/C15H20BrN3O2/c1-4-14-18-13(19-21-14)9-20-15-11(8-17-10(2)3)6-5-7-12(15)16/h5-7,10,17H,4,8-9H2,1-3H3. The normalized spacial score (nSPS) is 11.1. The van der Waals surface area contributed by atoms with Gasteiger partial charge >= 0.3 is 0 Å². The van der Waals surface area contributed by atoms with Gasteiger partial charge in [0.05, 0.1) is 4.47 Å². The zero-order valence-corrected chi connectivity index (χ0v) is 14.1. The number of hydrogen-bond acceptors (Lipinski definition) is 5. The van der Waals surface area contributed by atoms with E-state index in [2.05, 4.69) is 45.2 Å². The van der Waals surface area contributed by atoms with E-state index in [9.17, 15) is 0 Å². The lowest BCUT2D eigenvalue weighted by atomic mass is 10.2. The van der Waals surface area contributed by atoms with Crippen LogP contribution in [-0.2, 0) is 19.6 Å². The maximum atomic E-state index is 5.87. The number of benzene rings is 1. The van der Waals surface area contributed by atoms with Crippen molar-refractivity contribution in [1.29, 1.82) is 0 Å². The second kappa shape index (κ2) is 7.56. The summed E-state index contributed by atoms with van der Waals surface area (Å²) in [5.41, 5.74) is 1.09. The molecule has 0 spiro atoms. The van der Waals surface area contributed by atoms with Crippen molar-refractivity contribution in [3.63, 3.8) is 0 Å². The lowest BCUT2D eigenvalue weighted by Gasteiger charge is -2.14. The third kappa shape index (κ3) is 4.54. The Morgan fingerprint density at radius 3 is 2.86 bits per heavy atom. The Labute approximate surface area is 133 Å². The van der Waals surface area contributed by atoms with E-state index in [1.807, 2.05) is 25.1 Å². The Morgan fingerprint density at radius 1 is 1.38 bits per heavy atom. The van der Waals surface area contributed by atoms with Crippen molar-refractivity contribution in [2.45, 2.75) is 46.4 Å². The first-order chi connectivity index (χ1) is 10.1. The highest BCUT2D eigenvalue weighted by Gasteiger charge is 2.11. The summed E-state index contributed by atoms with van der Waals surface area (Å²) in [6.07, 6.45) is 0.728. The topological polar surface area (TPSA) is 60.2 Å². The molecule has 6 heteroatoms. The van der Waals surface area contributed by atoms with Gasteiger partial charge in [-0.15, -0.1) is 0 Å². The molecule has 0 saturated carbocycles. The van der Waals surface area contributed by atoms with E-state index >= 15 is 0 Å². The first-order valence-electron chi connectivity index (χ1n) is 7.05. The summed E-state index contributed by atoms with van der Waals surface area (Å²) in [7, 11) is 0. The van der Waals surface area contributed by atoms with Gasteiger partial charge in [-0.1, -0.05) is 38.1 Å². The van der Waals surface area contributed by atoms with Crippen LogP contribution < -0.4 is 10.1 Å². The van der Waals surface area contributed by atoms with Gasteiger partial charge in [-0.25, -0.2) is 0 Å². The zero-order chi connectivity index (χ0) is 15.2. The van der Waals surface area contributed by atoms with Crippen LogP contribution in [0.25, 0.3) is 0 Å². The Morgan fingerprint density at radius 2 is 2.19 bits per heavy atom. The average Bonchev–Trinajstić information content (AvgIpc) is 2.92. The Kier molecular flexibility index (Phi) is 5.76. The van der Waals surface area contributed by atoms with E-state index in [-0.39, 0.29) is 0 Å². The predicted molar refractivity (Wildman–Crippen MR) is 84.1 cm³/mol. The van der Waals surface area contributed by atoms with Gasteiger partial charge < -0.3 is 14.6 Å². The van der Waals surface area contributed by atoms with Crippen molar-refractivity contribution >= 4 is 15.9 Å².